The van der Waals surface area contributed by atoms with Gasteiger partial charge in [-0.2, -0.15) is 0 Å². The molecular weight excluding hydrogens is 297 g/mol. The molecule has 0 radical (unpaired) electrons. The second kappa shape index (κ2) is 5.56. The maximum atomic E-state index is 13.1. The van der Waals surface area contributed by atoms with Crippen LogP contribution in [0, 0.1) is 5.82 Å². The Hall–Kier alpha value is -1.46. The molecule has 1 aromatic carbocycles. The van der Waals surface area contributed by atoms with Gasteiger partial charge < -0.3 is 14.4 Å². The van der Waals surface area contributed by atoms with Crippen molar-refractivity contribution in [2.24, 2.45) is 0 Å². The van der Waals surface area contributed by atoms with Gasteiger partial charge in [-0.3, -0.25) is 4.79 Å². The molecule has 3 aliphatic rings. The van der Waals surface area contributed by atoms with E-state index in [-0.39, 0.29) is 11.7 Å². The molecular formula is C18H22FNO3. The maximum Gasteiger partial charge on any atom is 0.233 e. The zero-order chi connectivity index (χ0) is 15.9. The van der Waals surface area contributed by atoms with Gasteiger partial charge in [-0.1, -0.05) is 12.1 Å². The molecule has 2 aliphatic heterocycles. The van der Waals surface area contributed by atoms with Gasteiger partial charge in [0, 0.05) is 25.9 Å². The topological polar surface area (TPSA) is 38.8 Å². The smallest absolute Gasteiger partial charge is 0.233 e. The molecule has 1 spiro atoms. The Morgan fingerprint density at radius 1 is 1.00 bits per heavy atom. The molecule has 1 amide bonds. The van der Waals surface area contributed by atoms with E-state index in [0.29, 0.717) is 13.1 Å². The van der Waals surface area contributed by atoms with Gasteiger partial charge >= 0.3 is 0 Å². The van der Waals surface area contributed by atoms with Crippen molar-refractivity contribution in [3.63, 3.8) is 0 Å². The number of nitrogens with zero attached hydrogens (tertiary/aromatic N) is 1. The lowest BCUT2D eigenvalue weighted by molar-refractivity contribution is -0.282. The monoisotopic (exact) mass is 319 g/mol. The molecule has 1 aromatic rings. The highest BCUT2D eigenvalue weighted by Crippen LogP contribution is 2.50. The number of hydrogen-bond acceptors (Lipinski definition) is 3. The fourth-order valence-corrected chi connectivity index (χ4v) is 3.78. The summed E-state index contributed by atoms with van der Waals surface area (Å²) < 4.78 is 24.8. The minimum absolute atomic E-state index is 0.176. The number of ether oxygens (including phenoxy) is 2. The first-order valence-corrected chi connectivity index (χ1v) is 8.47. The second-order valence-corrected chi connectivity index (χ2v) is 6.84. The van der Waals surface area contributed by atoms with Crippen LogP contribution in [0.4, 0.5) is 4.39 Å². The summed E-state index contributed by atoms with van der Waals surface area (Å²) in [7, 11) is 0. The molecule has 23 heavy (non-hydrogen) atoms. The van der Waals surface area contributed by atoms with Crippen LogP contribution < -0.4 is 0 Å². The molecule has 124 valence electrons. The van der Waals surface area contributed by atoms with E-state index in [2.05, 4.69) is 0 Å². The van der Waals surface area contributed by atoms with E-state index in [1.807, 2.05) is 4.90 Å². The lowest BCUT2D eigenvalue weighted by atomic mass is 9.92. The van der Waals surface area contributed by atoms with E-state index in [0.717, 1.165) is 50.9 Å². The highest BCUT2D eigenvalue weighted by Gasteiger charge is 2.54. The molecule has 0 atom stereocenters. The molecule has 4 rings (SSSR count). The standard InChI is InChI=1S/C18H22FNO3/c19-15-4-2-14(3-5-15)17(6-7-17)16(21)20-10-8-18(9-11-20)22-12-1-13-23-18/h2-5H,1,6-13H2. The van der Waals surface area contributed by atoms with Crippen molar-refractivity contribution in [1.29, 1.82) is 0 Å². The zero-order valence-electron chi connectivity index (χ0n) is 13.2. The van der Waals surface area contributed by atoms with E-state index < -0.39 is 11.2 Å². The Bertz CT molecular complexity index is 581. The van der Waals surface area contributed by atoms with Crippen molar-refractivity contribution in [3.05, 3.63) is 35.6 Å². The molecule has 4 nitrogen and oxygen atoms in total. The number of carbonyl (C=O) groups excluding carboxylic acids is 1. The number of benzene rings is 1. The molecule has 5 heteroatoms. The molecule has 2 heterocycles. The molecule has 0 aromatic heterocycles. The van der Waals surface area contributed by atoms with E-state index in [1.165, 1.54) is 12.1 Å². The van der Waals surface area contributed by atoms with E-state index in [1.54, 1.807) is 12.1 Å². The van der Waals surface area contributed by atoms with Crippen molar-refractivity contribution >= 4 is 5.91 Å². The van der Waals surface area contributed by atoms with Crippen LogP contribution in [0.5, 0.6) is 0 Å². The van der Waals surface area contributed by atoms with E-state index in [9.17, 15) is 9.18 Å². The van der Waals surface area contributed by atoms with Gasteiger partial charge in [0.25, 0.3) is 0 Å². The molecule has 0 N–H and O–H groups in total. The summed E-state index contributed by atoms with van der Waals surface area (Å²) in [6, 6.07) is 6.38. The summed E-state index contributed by atoms with van der Waals surface area (Å²) in [6.07, 6.45) is 4.12. The fourth-order valence-electron chi connectivity index (χ4n) is 3.78. The fraction of sp³-hybridized carbons (Fsp3) is 0.611. The third kappa shape index (κ3) is 2.66. The van der Waals surface area contributed by atoms with Crippen molar-refractivity contribution < 1.29 is 18.7 Å². The highest BCUT2D eigenvalue weighted by molar-refractivity contribution is 5.91. The Morgan fingerprint density at radius 2 is 1.61 bits per heavy atom. The predicted molar refractivity (Wildman–Crippen MR) is 82.4 cm³/mol. The molecule has 0 bridgehead atoms. The lowest BCUT2D eigenvalue weighted by Gasteiger charge is -2.44. The van der Waals surface area contributed by atoms with Crippen molar-refractivity contribution in [3.8, 4) is 0 Å². The number of hydrogen-bond donors (Lipinski definition) is 0. The number of carbonyl (C=O) groups is 1. The van der Waals surface area contributed by atoms with Gasteiger partial charge in [0.15, 0.2) is 5.79 Å². The summed E-state index contributed by atoms with van der Waals surface area (Å²) >= 11 is 0. The minimum Gasteiger partial charge on any atom is -0.350 e. The van der Waals surface area contributed by atoms with Crippen molar-refractivity contribution in [2.75, 3.05) is 26.3 Å². The number of piperidine rings is 1. The Morgan fingerprint density at radius 3 is 2.17 bits per heavy atom. The summed E-state index contributed by atoms with van der Waals surface area (Å²) in [5.41, 5.74) is 0.515. The largest absolute Gasteiger partial charge is 0.350 e. The predicted octanol–water partition coefficient (Wildman–Crippen LogP) is 2.61. The van der Waals surface area contributed by atoms with E-state index >= 15 is 0 Å². The van der Waals surface area contributed by atoms with Crippen LogP contribution in [0.25, 0.3) is 0 Å². The number of amides is 1. The van der Waals surface area contributed by atoms with Crippen LogP contribution in [0.3, 0.4) is 0 Å². The van der Waals surface area contributed by atoms with Crippen LogP contribution in [0.15, 0.2) is 24.3 Å². The van der Waals surface area contributed by atoms with Crippen LogP contribution in [-0.4, -0.2) is 42.9 Å². The average molecular weight is 319 g/mol. The van der Waals surface area contributed by atoms with Crippen LogP contribution in [0.1, 0.15) is 37.7 Å². The molecule has 1 aliphatic carbocycles. The molecule has 3 fully saturated rings. The SMILES string of the molecule is O=C(N1CCC2(CC1)OCCCO2)C1(c2ccc(F)cc2)CC1. The zero-order valence-corrected chi connectivity index (χ0v) is 13.2. The Labute approximate surface area is 135 Å². The molecule has 0 unspecified atom stereocenters. The van der Waals surface area contributed by atoms with Gasteiger partial charge in [0.2, 0.25) is 5.91 Å². The van der Waals surface area contributed by atoms with Crippen LogP contribution in [-0.2, 0) is 19.7 Å². The van der Waals surface area contributed by atoms with Gasteiger partial charge in [-0.15, -0.1) is 0 Å². The summed E-state index contributed by atoms with van der Waals surface area (Å²) in [5.74, 6) is -0.556. The number of likely N-dealkylation sites (tertiary alicyclic amines) is 1. The summed E-state index contributed by atoms with van der Waals surface area (Å²) in [5, 5.41) is 0. The minimum atomic E-state index is -0.471. The summed E-state index contributed by atoms with van der Waals surface area (Å²) in [4.78, 5) is 14.9. The van der Waals surface area contributed by atoms with Crippen LogP contribution >= 0.6 is 0 Å². The van der Waals surface area contributed by atoms with Crippen molar-refractivity contribution in [1.82, 2.24) is 4.90 Å². The molecule has 1 saturated carbocycles. The number of halogens is 1. The Kier molecular flexibility index (Phi) is 3.65. The third-order valence-corrected chi connectivity index (χ3v) is 5.39. The first kappa shape index (κ1) is 15.1. The van der Waals surface area contributed by atoms with Crippen LogP contribution in [0.2, 0.25) is 0 Å². The first-order valence-electron chi connectivity index (χ1n) is 8.47. The summed E-state index contributed by atoms with van der Waals surface area (Å²) in [6.45, 7) is 2.82. The first-order chi connectivity index (χ1) is 11.1. The van der Waals surface area contributed by atoms with E-state index in [4.69, 9.17) is 9.47 Å². The maximum absolute atomic E-state index is 13.1. The second-order valence-electron chi connectivity index (χ2n) is 6.84. The van der Waals surface area contributed by atoms with Gasteiger partial charge in [-0.05, 0) is 37.0 Å². The van der Waals surface area contributed by atoms with Gasteiger partial charge in [0.05, 0.1) is 18.6 Å². The normalized spacial score (nSPS) is 25.3. The lowest BCUT2D eigenvalue weighted by Crippen LogP contribution is -2.53. The highest BCUT2D eigenvalue weighted by atomic mass is 19.1. The molecule has 2 saturated heterocycles. The quantitative estimate of drug-likeness (QED) is 0.841. The number of rotatable bonds is 2. The van der Waals surface area contributed by atoms with Crippen molar-refractivity contribution in [2.45, 2.75) is 43.3 Å². The Balaban J connectivity index is 1.45. The average Bonchev–Trinajstić information content (AvgIpc) is 3.38. The van der Waals surface area contributed by atoms with Gasteiger partial charge in [-0.25, -0.2) is 4.39 Å². The van der Waals surface area contributed by atoms with Gasteiger partial charge in [0.1, 0.15) is 5.82 Å². The third-order valence-electron chi connectivity index (χ3n) is 5.39.